The summed E-state index contributed by atoms with van der Waals surface area (Å²) in [7, 11) is 1.43. The van der Waals surface area contributed by atoms with Gasteiger partial charge >= 0.3 is 12.0 Å². The van der Waals surface area contributed by atoms with Crippen LogP contribution in [0.25, 0.3) is 0 Å². The molecule has 0 aromatic heterocycles. The lowest BCUT2D eigenvalue weighted by Crippen LogP contribution is -2.46. The van der Waals surface area contributed by atoms with Gasteiger partial charge in [-0.1, -0.05) is 12.8 Å². The number of ether oxygens (including phenoxy) is 1. The molecule has 2 amide bonds. The summed E-state index contributed by atoms with van der Waals surface area (Å²) >= 11 is 0. The molecule has 0 atom stereocenters. The molecule has 0 aromatic carbocycles. The summed E-state index contributed by atoms with van der Waals surface area (Å²) in [6.07, 6.45) is 7.97. The molecule has 0 heterocycles. The van der Waals surface area contributed by atoms with Gasteiger partial charge in [0.15, 0.2) is 0 Å². The van der Waals surface area contributed by atoms with Gasteiger partial charge in [-0.2, -0.15) is 0 Å². The molecular formula is C14H24N2O3. The average molecular weight is 268 g/mol. The highest BCUT2D eigenvalue weighted by molar-refractivity contribution is 5.75. The van der Waals surface area contributed by atoms with Crippen molar-refractivity contribution in [2.24, 2.45) is 5.92 Å². The topological polar surface area (TPSA) is 67.4 Å². The number of rotatable bonds is 3. The maximum absolute atomic E-state index is 11.8. The summed E-state index contributed by atoms with van der Waals surface area (Å²) in [5, 5.41) is 6.05. The van der Waals surface area contributed by atoms with Crippen molar-refractivity contribution in [2.45, 2.75) is 63.5 Å². The highest BCUT2D eigenvalue weighted by atomic mass is 16.5. The van der Waals surface area contributed by atoms with Crippen LogP contribution in [0.5, 0.6) is 0 Å². The molecule has 5 heteroatoms. The van der Waals surface area contributed by atoms with Gasteiger partial charge in [0.2, 0.25) is 0 Å². The van der Waals surface area contributed by atoms with Gasteiger partial charge in [-0.3, -0.25) is 4.79 Å². The van der Waals surface area contributed by atoms with Gasteiger partial charge in [-0.05, 0) is 38.5 Å². The zero-order chi connectivity index (χ0) is 13.7. The van der Waals surface area contributed by atoms with Crippen LogP contribution in [0.3, 0.4) is 0 Å². The minimum absolute atomic E-state index is 0.0148. The molecule has 2 aliphatic rings. The second kappa shape index (κ2) is 6.78. The number of urea groups is 1. The van der Waals surface area contributed by atoms with E-state index in [0.29, 0.717) is 6.04 Å². The smallest absolute Gasteiger partial charge is 0.315 e. The summed E-state index contributed by atoms with van der Waals surface area (Å²) < 4.78 is 4.76. The number of amides is 2. The fourth-order valence-corrected chi connectivity index (χ4v) is 3.12. The minimum Gasteiger partial charge on any atom is -0.469 e. The van der Waals surface area contributed by atoms with Crippen LogP contribution in [-0.4, -0.2) is 31.2 Å². The average Bonchev–Trinajstić information content (AvgIpc) is 2.91. The van der Waals surface area contributed by atoms with Gasteiger partial charge in [0.05, 0.1) is 13.0 Å². The van der Waals surface area contributed by atoms with Crippen molar-refractivity contribution < 1.29 is 14.3 Å². The van der Waals surface area contributed by atoms with Crippen LogP contribution in [0.4, 0.5) is 4.79 Å². The predicted molar refractivity (Wildman–Crippen MR) is 71.7 cm³/mol. The first-order valence-corrected chi connectivity index (χ1v) is 7.34. The molecular weight excluding hydrogens is 244 g/mol. The molecule has 19 heavy (non-hydrogen) atoms. The Bertz CT molecular complexity index is 319. The number of hydrogen-bond acceptors (Lipinski definition) is 3. The Kier molecular flexibility index (Phi) is 5.05. The van der Waals surface area contributed by atoms with Gasteiger partial charge in [0, 0.05) is 12.1 Å². The molecule has 2 N–H and O–H groups in total. The van der Waals surface area contributed by atoms with E-state index < -0.39 is 0 Å². The number of carbonyl (C=O) groups is 2. The van der Waals surface area contributed by atoms with Gasteiger partial charge in [0.1, 0.15) is 0 Å². The summed E-state index contributed by atoms with van der Waals surface area (Å²) in [6.45, 7) is 0. The molecule has 108 valence electrons. The van der Waals surface area contributed by atoms with Crippen molar-refractivity contribution in [3.05, 3.63) is 0 Å². The van der Waals surface area contributed by atoms with Crippen molar-refractivity contribution >= 4 is 12.0 Å². The first-order chi connectivity index (χ1) is 9.19. The summed E-state index contributed by atoms with van der Waals surface area (Å²) in [4.78, 5) is 23.2. The Labute approximate surface area is 114 Å². The molecule has 0 spiro atoms. The zero-order valence-corrected chi connectivity index (χ0v) is 11.6. The first-order valence-electron chi connectivity index (χ1n) is 7.34. The Morgan fingerprint density at radius 1 is 0.895 bits per heavy atom. The normalized spacial score (nSPS) is 27.8. The highest BCUT2D eigenvalue weighted by Gasteiger charge is 2.28. The van der Waals surface area contributed by atoms with Crippen LogP contribution in [0.15, 0.2) is 0 Å². The van der Waals surface area contributed by atoms with Gasteiger partial charge < -0.3 is 15.4 Å². The van der Waals surface area contributed by atoms with Gasteiger partial charge in [0.25, 0.3) is 0 Å². The lowest BCUT2D eigenvalue weighted by atomic mass is 9.86. The maximum atomic E-state index is 11.8. The molecule has 2 rings (SSSR count). The number of carbonyl (C=O) groups excluding carboxylic acids is 2. The molecule has 0 aliphatic heterocycles. The molecule has 2 fully saturated rings. The Morgan fingerprint density at radius 3 is 1.95 bits per heavy atom. The molecule has 0 bridgehead atoms. The van der Waals surface area contributed by atoms with E-state index in [1.54, 1.807) is 0 Å². The third-order valence-electron chi connectivity index (χ3n) is 4.29. The molecule has 2 saturated carbocycles. The van der Waals surface area contributed by atoms with E-state index >= 15 is 0 Å². The number of hydrogen-bond donors (Lipinski definition) is 2. The summed E-state index contributed by atoms with van der Waals surface area (Å²) in [5.74, 6) is -0.102. The van der Waals surface area contributed by atoms with Crippen LogP contribution in [0, 0.1) is 5.92 Å². The quantitative estimate of drug-likeness (QED) is 0.769. The van der Waals surface area contributed by atoms with Crippen molar-refractivity contribution in [3.8, 4) is 0 Å². The number of nitrogens with one attached hydrogen (secondary N) is 2. The second-order valence-corrected chi connectivity index (χ2v) is 5.67. The van der Waals surface area contributed by atoms with E-state index in [9.17, 15) is 9.59 Å². The van der Waals surface area contributed by atoms with Gasteiger partial charge in [-0.25, -0.2) is 4.79 Å². The SMILES string of the molecule is COC(=O)C1CCC(NC(=O)NC2CCCC2)CC1. The standard InChI is InChI=1S/C14H24N2O3/c1-19-13(17)10-6-8-12(9-7-10)16-14(18)15-11-4-2-3-5-11/h10-12H,2-9H2,1H3,(H2,15,16,18). The molecule has 0 radical (unpaired) electrons. The zero-order valence-electron chi connectivity index (χ0n) is 11.6. The van der Waals surface area contributed by atoms with Crippen molar-refractivity contribution in [1.29, 1.82) is 0 Å². The maximum Gasteiger partial charge on any atom is 0.315 e. The molecule has 0 saturated heterocycles. The van der Waals surface area contributed by atoms with E-state index in [1.807, 2.05) is 0 Å². The lowest BCUT2D eigenvalue weighted by Gasteiger charge is -2.28. The highest BCUT2D eigenvalue weighted by Crippen LogP contribution is 2.25. The van der Waals surface area contributed by atoms with Crippen LogP contribution in [0.1, 0.15) is 51.4 Å². The van der Waals surface area contributed by atoms with E-state index in [4.69, 9.17) is 4.74 Å². The Hall–Kier alpha value is -1.26. The van der Waals surface area contributed by atoms with Crippen LogP contribution < -0.4 is 10.6 Å². The van der Waals surface area contributed by atoms with Crippen LogP contribution >= 0.6 is 0 Å². The third-order valence-corrected chi connectivity index (χ3v) is 4.29. The summed E-state index contributed by atoms with van der Waals surface area (Å²) in [5.41, 5.74) is 0. The summed E-state index contributed by atoms with van der Waals surface area (Å²) in [6, 6.07) is 0.502. The predicted octanol–water partition coefficient (Wildman–Crippen LogP) is 1.96. The second-order valence-electron chi connectivity index (χ2n) is 5.67. The molecule has 0 unspecified atom stereocenters. The minimum atomic E-state index is -0.117. The van der Waals surface area contributed by atoms with Crippen molar-refractivity contribution in [2.75, 3.05) is 7.11 Å². The fourth-order valence-electron chi connectivity index (χ4n) is 3.12. The van der Waals surface area contributed by atoms with E-state index in [0.717, 1.165) is 38.5 Å². The van der Waals surface area contributed by atoms with Crippen LogP contribution in [0.2, 0.25) is 0 Å². The van der Waals surface area contributed by atoms with E-state index in [2.05, 4.69) is 10.6 Å². The number of esters is 1. The first kappa shape index (κ1) is 14.2. The number of methoxy groups -OCH3 is 1. The van der Waals surface area contributed by atoms with E-state index in [-0.39, 0.29) is 24.0 Å². The van der Waals surface area contributed by atoms with Gasteiger partial charge in [-0.15, -0.1) is 0 Å². The van der Waals surface area contributed by atoms with Crippen molar-refractivity contribution in [1.82, 2.24) is 10.6 Å². The Balaban J connectivity index is 1.67. The Morgan fingerprint density at radius 2 is 1.42 bits per heavy atom. The monoisotopic (exact) mass is 268 g/mol. The third kappa shape index (κ3) is 4.11. The fraction of sp³-hybridized carbons (Fsp3) is 0.857. The molecule has 5 nitrogen and oxygen atoms in total. The molecule has 2 aliphatic carbocycles. The van der Waals surface area contributed by atoms with E-state index in [1.165, 1.54) is 20.0 Å². The lowest BCUT2D eigenvalue weighted by molar-refractivity contribution is -0.146. The largest absolute Gasteiger partial charge is 0.469 e. The van der Waals surface area contributed by atoms with Crippen LogP contribution in [-0.2, 0) is 9.53 Å². The van der Waals surface area contributed by atoms with Crippen molar-refractivity contribution in [3.63, 3.8) is 0 Å². The molecule has 0 aromatic rings.